The first-order valence-electron chi connectivity index (χ1n) is 39.5. The lowest BCUT2D eigenvalue weighted by atomic mass is 9.67. The summed E-state index contributed by atoms with van der Waals surface area (Å²) in [6.07, 6.45) is 11.6. The maximum absolute atomic E-state index is 9.94. The van der Waals surface area contributed by atoms with E-state index in [4.69, 9.17) is 9.47 Å². The van der Waals surface area contributed by atoms with Crippen LogP contribution in [0.5, 0.6) is 23.0 Å². The van der Waals surface area contributed by atoms with Crippen LogP contribution in [-0.2, 0) is 23.7 Å². The first-order valence-corrected chi connectivity index (χ1v) is 39.5. The standard InChI is InChI=1S/C73H84N6O2.C27H22O2.4CH4/c1-51-21-41-63-64-42-22-52(2)48-66(64)73(65(63)47-51,57-29-37-61(38-30-57)80-45-17-13-11-15-19-53-23-43-67-69(49-53)78(9)71(76(67)7)55-25-33-59(34-26-55)74(3)4)58-31-39-62(40-32-58)81-46-18-14-12-16-20-54-24-44-68-70(50-54)79(10)72(77(68)8)56-27-35-60(36-28-56)75(5)6;1-17-3-13-23-24-14-4-18(2)16-26(24)27(25(23)15-17,19-5-9-21(28)10-6-19)20-7-11-22(29)12-8-20;;;;/h21-44,47-50,71-72H,11-20,45-46H2,1-10H3;3-16,28-29H,1-2H3;4*1H4. The molecule has 10 nitrogen and oxygen atoms in total. The highest BCUT2D eigenvalue weighted by Gasteiger charge is 2.48. The molecule has 2 N–H and O–H groups in total. The molecule has 114 heavy (non-hydrogen) atoms. The molecule has 2 aliphatic carbocycles. The van der Waals surface area contributed by atoms with Crippen LogP contribution >= 0.6 is 0 Å². The van der Waals surface area contributed by atoms with Gasteiger partial charge in [-0.25, -0.2) is 0 Å². The molecule has 0 saturated carbocycles. The van der Waals surface area contributed by atoms with Crippen LogP contribution in [0, 0.1) is 27.7 Å². The second-order valence-corrected chi connectivity index (χ2v) is 31.7. The average molecular weight is 1520 g/mol. The molecule has 12 aromatic rings. The Bertz CT molecular complexity index is 4920. The van der Waals surface area contributed by atoms with Gasteiger partial charge in [0.25, 0.3) is 0 Å². The summed E-state index contributed by atoms with van der Waals surface area (Å²) in [6.45, 7) is 10.1. The van der Waals surface area contributed by atoms with Crippen molar-refractivity contribution in [2.45, 2.75) is 145 Å². The van der Waals surface area contributed by atoms with Gasteiger partial charge in [-0.1, -0.05) is 235 Å². The van der Waals surface area contributed by atoms with Crippen molar-refractivity contribution >= 4 is 34.1 Å². The third kappa shape index (κ3) is 15.9. The summed E-state index contributed by atoms with van der Waals surface area (Å²) in [5, 5.41) is 19.9. The van der Waals surface area contributed by atoms with Gasteiger partial charge in [0.1, 0.15) is 35.3 Å². The zero-order valence-electron chi connectivity index (χ0n) is 66.3. The second kappa shape index (κ2) is 35.4. The fourth-order valence-electron chi connectivity index (χ4n) is 18.1. The van der Waals surface area contributed by atoms with Crippen LogP contribution in [0.25, 0.3) is 22.3 Å². The zero-order valence-corrected chi connectivity index (χ0v) is 66.3. The van der Waals surface area contributed by atoms with Gasteiger partial charge in [0.2, 0.25) is 0 Å². The van der Waals surface area contributed by atoms with Crippen LogP contribution < -0.4 is 38.9 Å². The Morgan fingerprint density at radius 3 is 0.886 bits per heavy atom. The van der Waals surface area contributed by atoms with Crippen molar-refractivity contribution < 1.29 is 19.7 Å². The summed E-state index contributed by atoms with van der Waals surface area (Å²) >= 11 is 0. The highest BCUT2D eigenvalue weighted by Crippen LogP contribution is 2.59. The van der Waals surface area contributed by atoms with Crippen LogP contribution in [0.4, 0.5) is 34.1 Å². The molecule has 0 aromatic heterocycles. The number of hydrogen-bond donors (Lipinski definition) is 2. The maximum atomic E-state index is 9.94. The third-order valence-corrected chi connectivity index (χ3v) is 23.8. The van der Waals surface area contributed by atoms with Crippen molar-refractivity contribution in [3.8, 4) is 45.3 Å². The topological polar surface area (TPSA) is 78.4 Å². The van der Waals surface area contributed by atoms with Gasteiger partial charge in [-0.15, -0.1) is 0 Å². The molecule has 16 rings (SSSR count). The van der Waals surface area contributed by atoms with Gasteiger partial charge in [0, 0.05) is 67.8 Å². The van der Waals surface area contributed by atoms with Crippen molar-refractivity contribution in [2.24, 2.45) is 0 Å². The first kappa shape index (κ1) is 83.6. The Balaban J connectivity index is 0.000000325. The number of aryl methyl sites for hydroxylation is 6. The number of benzene rings is 12. The molecule has 0 radical (unpaired) electrons. The Labute approximate surface area is 682 Å². The lowest BCUT2D eigenvalue weighted by Gasteiger charge is -2.34. The van der Waals surface area contributed by atoms with Gasteiger partial charge in [-0.2, -0.15) is 0 Å². The predicted molar refractivity (Wildman–Crippen MR) is 486 cm³/mol. The number of nitrogens with zero attached hydrogens (tertiary/aromatic N) is 6. The van der Waals surface area contributed by atoms with E-state index in [9.17, 15) is 10.2 Å². The number of fused-ring (bicyclic) bond motifs is 8. The van der Waals surface area contributed by atoms with Crippen LogP contribution in [-0.4, -0.2) is 79.8 Å². The van der Waals surface area contributed by atoms with E-state index < -0.39 is 10.8 Å². The summed E-state index contributed by atoms with van der Waals surface area (Å²) in [5.74, 6) is 2.34. The molecule has 0 bridgehead atoms. The quantitative estimate of drug-likeness (QED) is 0.0571. The number of ether oxygens (including phenoxy) is 2. The van der Waals surface area contributed by atoms with Gasteiger partial charge in [-0.05, 0) is 252 Å². The average Bonchev–Trinajstić information content (AvgIpc) is 1.52. The lowest BCUT2D eigenvalue weighted by Crippen LogP contribution is -2.30. The number of hydrogen-bond acceptors (Lipinski definition) is 10. The highest BCUT2D eigenvalue weighted by molar-refractivity contribution is 5.89. The minimum absolute atomic E-state index is 0. The molecule has 2 atom stereocenters. The molecule has 4 aliphatic rings. The molecule has 0 amide bonds. The normalized spacial score (nSPS) is 14.6. The summed E-state index contributed by atoms with van der Waals surface area (Å²) in [6, 6.07) is 92.3. The van der Waals surface area contributed by atoms with E-state index in [0.29, 0.717) is 13.2 Å². The number of rotatable bonds is 24. The molecule has 0 saturated heterocycles. The monoisotopic (exact) mass is 1520 g/mol. The fraction of sp³-hybridized carbons (Fsp3) is 0.308. The highest BCUT2D eigenvalue weighted by atomic mass is 16.5. The predicted octanol–water partition coefficient (Wildman–Crippen LogP) is 25.0. The zero-order chi connectivity index (χ0) is 76.5. The molecule has 592 valence electrons. The van der Waals surface area contributed by atoms with Crippen LogP contribution in [0.1, 0.15) is 182 Å². The van der Waals surface area contributed by atoms with Gasteiger partial charge in [0.05, 0.1) is 46.8 Å². The van der Waals surface area contributed by atoms with Crippen molar-refractivity contribution in [1.29, 1.82) is 0 Å². The number of anilines is 6. The van der Waals surface area contributed by atoms with Gasteiger partial charge in [-0.3, -0.25) is 0 Å². The van der Waals surface area contributed by atoms with E-state index in [1.54, 1.807) is 24.3 Å². The number of aromatic hydroxyl groups is 2. The Kier molecular flexibility index (Phi) is 25.9. The van der Waals surface area contributed by atoms with Crippen molar-refractivity contribution in [2.75, 3.05) is 99.0 Å². The molecular formula is C104H122N6O4. The van der Waals surface area contributed by atoms with E-state index in [-0.39, 0.29) is 53.5 Å². The van der Waals surface area contributed by atoms with Crippen LogP contribution in [0.15, 0.2) is 255 Å². The number of phenolic OH excluding ortho intramolecular Hbond substituents is 2. The molecular weight excluding hydrogens is 1400 g/mol. The molecule has 10 heteroatoms. The Morgan fingerprint density at radius 1 is 0.307 bits per heavy atom. The van der Waals surface area contributed by atoms with E-state index in [2.05, 4.69) is 320 Å². The minimum Gasteiger partial charge on any atom is -0.508 e. The van der Waals surface area contributed by atoms with E-state index in [0.717, 1.165) is 61.2 Å². The largest absolute Gasteiger partial charge is 0.508 e. The Morgan fingerprint density at radius 2 is 0.588 bits per heavy atom. The summed E-state index contributed by atoms with van der Waals surface area (Å²) in [4.78, 5) is 14.0. The summed E-state index contributed by atoms with van der Waals surface area (Å²) in [7, 11) is 17.2. The van der Waals surface area contributed by atoms with Gasteiger partial charge < -0.3 is 49.1 Å². The van der Waals surface area contributed by atoms with E-state index in [1.807, 2.05) is 24.3 Å². The second-order valence-electron chi connectivity index (χ2n) is 31.7. The molecule has 2 unspecified atom stereocenters. The van der Waals surface area contributed by atoms with Gasteiger partial charge in [0.15, 0.2) is 0 Å². The molecule has 0 fully saturated rings. The fourth-order valence-corrected chi connectivity index (χ4v) is 18.1. The van der Waals surface area contributed by atoms with Crippen molar-refractivity contribution in [1.82, 2.24) is 0 Å². The summed E-state index contributed by atoms with van der Waals surface area (Å²) < 4.78 is 12.9. The lowest BCUT2D eigenvalue weighted by molar-refractivity contribution is 0.304. The molecule has 2 heterocycles. The number of phenols is 2. The third-order valence-electron chi connectivity index (χ3n) is 23.8. The molecule has 12 aromatic carbocycles. The molecule has 0 spiro atoms. The van der Waals surface area contributed by atoms with E-state index >= 15 is 0 Å². The van der Waals surface area contributed by atoms with Crippen molar-refractivity contribution in [3.05, 3.63) is 344 Å². The Hall–Kier alpha value is -11.4. The van der Waals surface area contributed by atoms with Crippen molar-refractivity contribution in [3.63, 3.8) is 0 Å². The SMILES string of the molecule is C.C.C.C.Cc1ccc2c(c1)C(c1ccc(O)cc1)(c1ccc(O)cc1)c1cc(C)ccc1-2.Cc1ccc2c(c1)C(c1ccc(OCCCCCCc3ccc4c(c3)N(C)C(c3ccc(N(C)C)cc3)N4C)cc1)(c1ccc(OCCCCCCc3ccc4c(c3)N(C)C(c3ccc(N(C)C)cc3)N4C)cc1)c1cc(C)ccc1-2. The van der Waals surface area contributed by atoms with E-state index in [1.165, 1.54) is 160 Å². The van der Waals surface area contributed by atoms with Crippen LogP contribution in [0.2, 0.25) is 0 Å². The van der Waals surface area contributed by atoms with Crippen LogP contribution in [0.3, 0.4) is 0 Å². The summed E-state index contributed by atoms with van der Waals surface area (Å²) in [5.41, 5.74) is 31.9. The molecule has 2 aliphatic heterocycles. The van der Waals surface area contributed by atoms with Gasteiger partial charge >= 0.3 is 0 Å². The number of unbranched alkanes of at least 4 members (excludes halogenated alkanes) is 6. The minimum atomic E-state index is -0.510. The maximum Gasteiger partial charge on any atom is 0.128 e. The first-order chi connectivity index (χ1) is 53.3. The smallest absolute Gasteiger partial charge is 0.128 e.